The predicted molar refractivity (Wildman–Crippen MR) is 49.1 cm³/mol. The van der Waals surface area contributed by atoms with E-state index in [0.29, 0.717) is 12.5 Å². The molecule has 3 heteroatoms. The monoisotopic (exact) mass is 159 g/mol. The number of hydrogen-bond donors (Lipinski definition) is 3. The Kier molecular flexibility index (Phi) is 5.46. The molecule has 11 heavy (non-hydrogen) atoms. The first-order chi connectivity index (χ1) is 5.07. The van der Waals surface area contributed by atoms with Gasteiger partial charge in [-0.1, -0.05) is 13.8 Å². The minimum Gasteiger partial charge on any atom is -0.329 e. The molecule has 0 aromatic heterocycles. The van der Waals surface area contributed by atoms with Crippen molar-refractivity contribution in [1.29, 1.82) is 0 Å². The van der Waals surface area contributed by atoms with Crippen molar-refractivity contribution in [2.45, 2.75) is 38.8 Å². The first-order valence-corrected chi connectivity index (χ1v) is 4.29. The Balaban J connectivity index is 3.37. The fourth-order valence-electron chi connectivity index (χ4n) is 0.858. The van der Waals surface area contributed by atoms with E-state index in [1.54, 1.807) is 0 Å². The third-order valence-corrected chi connectivity index (χ3v) is 2.03. The molecule has 0 fully saturated rings. The van der Waals surface area contributed by atoms with Gasteiger partial charge in [0.05, 0.1) is 0 Å². The summed E-state index contributed by atoms with van der Waals surface area (Å²) in [5.41, 5.74) is 16.8. The third kappa shape index (κ3) is 5.18. The van der Waals surface area contributed by atoms with Gasteiger partial charge in [0.25, 0.3) is 0 Å². The van der Waals surface area contributed by atoms with E-state index in [2.05, 4.69) is 13.8 Å². The molecule has 0 rings (SSSR count). The highest BCUT2D eigenvalue weighted by Crippen LogP contribution is 2.06. The van der Waals surface area contributed by atoms with Crippen LogP contribution in [0.3, 0.4) is 0 Å². The van der Waals surface area contributed by atoms with Crippen LogP contribution in [0.2, 0.25) is 0 Å². The van der Waals surface area contributed by atoms with Crippen LogP contribution in [0.4, 0.5) is 0 Å². The van der Waals surface area contributed by atoms with Gasteiger partial charge < -0.3 is 17.2 Å². The van der Waals surface area contributed by atoms with Crippen molar-refractivity contribution in [3.63, 3.8) is 0 Å². The summed E-state index contributed by atoms with van der Waals surface area (Å²) in [7, 11) is 0. The van der Waals surface area contributed by atoms with Crippen molar-refractivity contribution >= 4 is 0 Å². The second-order valence-corrected chi connectivity index (χ2v) is 3.48. The van der Waals surface area contributed by atoms with Crippen LogP contribution in [0, 0.1) is 5.92 Å². The minimum absolute atomic E-state index is 0.125. The van der Waals surface area contributed by atoms with Crippen molar-refractivity contribution in [3.05, 3.63) is 0 Å². The fraction of sp³-hybridized carbons (Fsp3) is 1.00. The standard InChI is InChI=1S/C8H21N3/c1-6(2)8(11)4-3-7(10)5-9/h6-8H,3-5,9-11H2,1-2H3/t7-,8?/m0/s1. The van der Waals surface area contributed by atoms with Crippen molar-refractivity contribution in [2.24, 2.45) is 23.1 Å². The summed E-state index contributed by atoms with van der Waals surface area (Å²) in [5.74, 6) is 0.542. The maximum Gasteiger partial charge on any atom is 0.0163 e. The molecule has 0 aliphatic rings. The van der Waals surface area contributed by atoms with Gasteiger partial charge in [-0.15, -0.1) is 0 Å². The topological polar surface area (TPSA) is 78.1 Å². The summed E-state index contributed by atoms with van der Waals surface area (Å²) in [5, 5.41) is 0. The number of hydrogen-bond acceptors (Lipinski definition) is 3. The van der Waals surface area contributed by atoms with E-state index < -0.39 is 0 Å². The van der Waals surface area contributed by atoms with Gasteiger partial charge in [0, 0.05) is 18.6 Å². The Labute approximate surface area is 69.3 Å². The molecule has 0 aliphatic heterocycles. The van der Waals surface area contributed by atoms with Crippen LogP contribution in [0.25, 0.3) is 0 Å². The molecule has 2 atom stereocenters. The number of rotatable bonds is 5. The fourth-order valence-corrected chi connectivity index (χ4v) is 0.858. The molecule has 0 bridgehead atoms. The summed E-state index contributed by atoms with van der Waals surface area (Å²) in [4.78, 5) is 0. The normalized spacial score (nSPS) is 16.9. The maximum absolute atomic E-state index is 5.82. The first-order valence-electron chi connectivity index (χ1n) is 4.29. The molecule has 1 unspecified atom stereocenters. The summed E-state index contributed by atoms with van der Waals surface area (Å²) in [6.45, 7) is 4.81. The lowest BCUT2D eigenvalue weighted by molar-refractivity contribution is 0.431. The van der Waals surface area contributed by atoms with Crippen molar-refractivity contribution in [2.75, 3.05) is 6.54 Å². The van der Waals surface area contributed by atoms with Crippen LogP contribution in [0.1, 0.15) is 26.7 Å². The lowest BCUT2D eigenvalue weighted by Crippen LogP contribution is -2.33. The van der Waals surface area contributed by atoms with Crippen molar-refractivity contribution in [1.82, 2.24) is 0 Å². The number of nitrogens with two attached hydrogens (primary N) is 3. The van der Waals surface area contributed by atoms with E-state index in [-0.39, 0.29) is 12.1 Å². The molecular weight excluding hydrogens is 138 g/mol. The highest BCUT2D eigenvalue weighted by atomic mass is 14.7. The van der Waals surface area contributed by atoms with E-state index in [4.69, 9.17) is 17.2 Å². The predicted octanol–water partition coefficient (Wildman–Crippen LogP) is 0.0359. The molecule has 0 heterocycles. The van der Waals surface area contributed by atoms with E-state index in [0.717, 1.165) is 12.8 Å². The third-order valence-electron chi connectivity index (χ3n) is 2.03. The summed E-state index contributed by atoms with van der Waals surface area (Å²) < 4.78 is 0. The Morgan fingerprint density at radius 2 is 1.64 bits per heavy atom. The van der Waals surface area contributed by atoms with Crippen LogP contribution in [0.5, 0.6) is 0 Å². The van der Waals surface area contributed by atoms with Crippen LogP contribution in [0.15, 0.2) is 0 Å². The van der Waals surface area contributed by atoms with Gasteiger partial charge in [-0.05, 0) is 18.8 Å². The van der Waals surface area contributed by atoms with Crippen LogP contribution in [-0.2, 0) is 0 Å². The molecule has 0 saturated carbocycles. The van der Waals surface area contributed by atoms with Gasteiger partial charge in [0.15, 0.2) is 0 Å². The van der Waals surface area contributed by atoms with Gasteiger partial charge in [-0.25, -0.2) is 0 Å². The molecule has 0 amide bonds. The zero-order valence-electron chi connectivity index (χ0n) is 7.59. The highest BCUT2D eigenvalue weighted by Gasteiger charge is 2.08. The molecule has 0 aromatic rings. The highest BCUT2D eigenvalue weighted by molar-refractivity contribution is 4.70. The van der Waals surface area contributed by atoms with Crippen molar-refractivity contribution < 1.29 is 0 Å². The van der Waals surface area contributed by atoms with Crippen LogP contribution >= 0.6 is 0 Å². The van der Waals surface area contributed by atoms with E-state index >= 15 is 0 Å². The van der Waals surface area contributed by atoms with E-state index in [9.17, 15) is 0 Å². The summed E-state index contributed by atoms with van der Waals surface area (Å²) in [6.07, 6.45) is 1.92. The Morgan fingerprint density at radius 1 is 1.09 bits per heavy atom. The van der Waals surface area contributed by atoms with Crippen LogP contribution in [-0.4, -0.2) is 18.6 Å². The average Bonchev–Trinajstić information content (AvgIpc) is 1.99. The van der Waals surface area contributed by atoms with Crippen molar-refractivity contribution in [3.8, 4) is 0 Å². The lowest BCUT2D eigenvalue weighted by Gasteiger charge is -2.17. The van der Waals surface area contributed by atoms with Crippen LogP contribution < -0.4 is 17.2 Å². The molecule has 0 saturated heterocycles. The molecule has 0 radical (unpaired) electrons. The summed E-state index contributed by atoms with van der Waals surface area (Å²) >= 11 is 0. The zero-order chi connectivity index (χ0) is 8.85. The molecule has 6 N–H and O–H groups in total. The summed E-state index contributed by atoms with van der Waals surface area (Å²) in [6, 6.07) is 0.396. The molecular formula is C8H21N3. The molecule has 0 spiro atoms. The zero-order valence-corrected chi connectivity index (χ0v) is 7.59. The first kappa shape index (κ1) is 10.9. The van der Waals surface area contributed by atoms with E-state index in [1.807, 2.05) is 0 Å². The molecule has 3 nitrogen and oxygen atoms in total. The maximum atomic E-state index is 5.82. The largest absolute Gasteiger partial charge is 0.329 e. The lowest BCUT2D eigenvalue weighted by atomic mass is 9.98. The van der Waals surface area contributed by atoms with E-state index in [1.165, 1.54) is 0 Å². The molecule has 0 aromatic carbocycles. The van der Waals surface area contributed by atoms with Gasteiger partial charge in [0.2, 0.25) is 0 Å². The molecule has 0 aliphatic carbocycles. The van der Waals surface area contributed by atoms with Gasteiger partial charge in [-0.3, -0.25) is 0 Å². The second kappa shape index (κ2) is 5.52. The SMILES string of the molecule is CC(C)C(N)CC[C@H](N)CN. The average molecular weight is 159 g/mol. The Bertz CT molecular complexity index is 93.3. The Morgan fingerprint density at radius 3 is 2.00 bits per heavy atom. The Hall–Kier alpha value is -0.120. The van der Waals surface area contributed by atoms with Gasteiger partial charge >= 0.3 is 0 Å². The van der Waals surface area contributed by atoms with Gasteiger partial charge in [-0.2, -0.15) is 0 Å². The molecule has 68 valence electrons. The second-order valence-electron chi connectivity index (χ2n) is 3.48. The quantitative estimate of drug-likeness (QED) is 0.530. The van der Waals surface area contributed by atoms with Gasteiger partial charge in [0.1, 0.15) is 0 Å². The smallest absolute Gasteiger partial charge is 0.0163 e. The minimum atomic E-state index is 0.125.